The Balaban J connectivity index is 1.31. The molecule has 2 N–H and O–H groups in total. The number of rotatable bonds is 7. The smallest absolute Gasteiger partial charge is 0.191 e. The molecule has 2 aromatic rings. The minimum absolute atomic E-state index is 0.213. The second kappa shape index (κ2) is 10.7. The molecule has 150 valence electrons. The maximum atomic E-state index is 13.2. The molecule has 0 atom stereocenters. The predicted octanol–water partition coefficient (Wildman–Crippen LogP) is 2.70. The highest BCUT2D eigenvalue weighted by Gasteiger charge is 2.16. The van der Waals surface area contributed by atoms with Gasteiger partial charge in [-0.05, 0) is 42.8 Å². The third kappa shape index (κ3) is 6.23. The van der Waals surface area contributed by atoms with Gasteiger partial charge in [-0.1, -0.05) is 30.3 Å². The van der Waals surface area contributed by atoms with E-state index in [0.29, 0.717) is 6.54 Å². The Kier molecular flexibility index (Phi) is 7.67. The summed E-state index contributed by atoms with van der Waals surface area (Å²) in [6, 6.07) is 17.2. The number of hydrogen-bond acceptors (Lipinski definition) is 3. The molecule has 28 heavy (non-hydrogen) atoms. The summed E-state index contributed by atoms with van der Waals surface area (Å²) >= 11 is 0. The molecule has 0 aromatic heterocycles. The minimum Gasteiger partial charge on any atom is -0.369 e. The summed E-state index contributed by atoms with van der Waals surface area (Å²) in [5, 5.41) is 6.56. The van der Waals surface area contributed by atoms with Gasteiger partial charge in [0.15, 0.2) is 5.96 Å². The van der Waals surface area contributed by atoms with E-state index in [9.17, 15) is 4.39 Å². The molecule has 1 aliphatic heterocycles. The van der Waals surface area contributed by atoms with E-state index >= 15 is 0 Å². The van der Waals surface area contributed by atoms with Crippen LogP contribution in [0, 0.1) is 5.82 Å². The number of piperazine rings is 1. The van der Waals surface area contributed by atoms with Crippen LogP contribution in [0.1, 0.15) is 12.0 Å². The van der Waals surface area contributed by atoms with Crippen LogP contribution >= 0.6 is 0 Å². The number of nitrogens with one attached hydrogen (secondary N) is 2. The summed E-state index contributed by atoms with van der Waals surface area (Å²) < 4.78 is 13.2. The molecule has 0 spiro atoms. The van der Waals surface area contributed by atoms with E-state index in [2.05, 4.69) is 55.8 Å². The van der Waals surface area contributed by atoms with Gasteiger partial charge in [-0.3, -0.25) is 9.89 Å². The number of halogens is 1. The molecule has 1 heterocycles. The third-order valence-electron chi connectivity index (χ3n) is 5.01. The normalized spacial score (nSPS) is 15.5. The summed E-state index contributed by atoms with van der Waals surface area (Å²) in [4.78, 5) is 9.20. The number of anilines is 1. The second-order valence-electron chi connectivity index (χ2n) is 7.00. The Morgan fingerprint density at radius 1 is 1.00 bits per heavy atom. The first-order chi connectivity index (χ1) is 13.7. The Morgan fingerprint density at radius 2 is 1.79 bits per heavy atom. The Hall–Kier alpha value is -2.60. The van der Waals surface area contributed by atoms with E-state index in [1.807, 2.05) is 6.07 Å². The molecular weight excluding hydrogens is 353 g/mol. The van der Waals surface area contributed by atoms with Crippen LogP contribution in [0.2, 0.25) is 0 Å². The molecule has 1 saturated heterocycles. The Morgan fingerprint density at radius 3 is 2.50 bits per heavy atom. The van der Waals surface area contributed by atoms with E-state index in [4.69, 9.17) is 0 Å². The van der Waals surface area contributed by atoms with Crippen molar-refractivity contribution in [2.45, 2.75) is 13.0 Å². The lowest BCUT2D eigenvalue weighted by atomic mass is 10.2. The zero-order valence-electron chi connectivity index (χ0n) is 16.6. The van der Waals surface area contributed by atoms with Gasteiger partial charge < -0.3 is 15.5 Å². The van der Waals surface area contributed by atoms with E-state index in [0.717, 1.165) is 57.2 Å². The van der Waals surface area contributed by atoms with Gasteiger partial charge >= 0.3 is 0 Å². The summed E-state index contributed by atoms with van der Waals surface area (Å²) in [6.07, 6.45) is 1.06. The molecule has 0 bridgehead atoms. The van der Waals surface area contributed by atoms with Gasteiger partial charge in [-0.15, -0.1) is 0 Å². The SMILES string of the molecule is CN=C(NCCCN1CCN(c2ccccc2)CC1)NCc1cccc(F)c1. The van der Waals surface area contributed by atoms with Gasteiger partial charge in [0.1, 0.15) is 5.82 Å². The molecule has 0 amide bonds. The van der Waals surface area contributed by atoms with Crippen molar-refractivity contribution in [3.05, 3.63) is 66.0 Å². The number of para-hydroxylation sites is 1. The molecule has 0 aliphatic carbocycles. The molecular formula is C22H30FN5. The highest BCUT2D eigenvalue weighted by Crippen LogP contribution is 2.15. The van der Waals surface area contributed by atoms with Crippen LogP contribution in [0.4, 0.5) is 10.1 Å². The zero-order valence-corrected chi connectivity index (χ0v) is 16.6. The summed E-state index contributed by atoms with van der Waals surface area (Å²) in [7, 11) is 1.75. The van der Waals surface area contributed by atoms with Crippen molar-refractivity contribution in [3.63, 3.8) is 0 Å². The van der Waals surface area contributed by atoms with Crippen molar-refractivity contribution < 1.29 is 4.39 Å². The topological polar surface area (TPSA) is 42.9 Å². The minimum atomic E-state index is -0.213. The van der Waals surface area contributed by atoms with Crippen molar-refractivity contribution in [1.82, 2.24) is 15.5 Å². The largest absolute Gasteiger partial charge is 0.369 e. The number of hydrogen-bond donors (Lipinski definition) is 2. The lowest BCUT2D eigenvalue weighted by Gasteiger charge is -2.36. The predicted molar refractivity (Wildman–Crippen MR) is 114 cm³/mol. The Bertz CT molecular complexity index is 742. The number of aliphatic imine (C=N–C) groups is 1. The maximum absolute atomic E-state index is 13.2. The summed E-state index contributed by atoms with van der Waals surface area (Å²) in [5.74, 6) is 0.535. The molecule has 2 aromatic carbocycles. The molecule has 0 saturated carbocycles. The molecule has 0 radical (unpaired) electrons. The van der Waals surface area contributed by atoms with Gasteiger partial charge in [0, 0.05) is 52.0 Å². The standard InChI is InChI=1S/C22H30FN5/c1-24-22(26-18-19-7-5-8-20(23)17-19)25-11-6-12-27-13-15-28(16-14-27)21-9-3-2-4-10-21/h2-5,7-10,17H,6,11-16,18H2,1H3,(H2,24,25,26). The van der Waals surface area contributed by atoms with E-state index < -0.39 is 0 Å². The molecule has 3 rings (SSSR count). The monoisotopic (exact) mass is 383 g/mol. The highest BCUT2D eigenvalue weighted by molar-refractivity contribution is 5.79. The van der Waals surface area contributed by atoms with Crippen LogP contribution in [0.5, 0.6) is 0 Å². The first-order valence-corrected chi connectivity index (χ1v) is 9.96. The highest BCUT2D eigenvalue weighted by atomic mass is 19.1. The number of benzene rings is 2. The Labute approximate surface area is 167 Å². The third-order valence-corrected chi connectivity index (χ3v) is 5.01. The van der Waals surface area contributed by atoms with Gasteiger partial charge in [-0.25, -0.2) is 4.39 Å². The van der Waals surface area contributed by atoms with Crippen molar-refractivity contribution in [3.8, 4) is 0 Å². The van der Waals surface area contributed by atoms with Gasteiger partial charge in [0.05, 0.1) is 0 Å². The van der Waals surface area contributed by atoms with Crippen molar-refractivity contribution in [2.75, 3.05) is 51.2 Å². The van der Waals surface area contributed by atoms with Crippen molar-refractivity contribution in [1.29, 1.82) is 0 Å². The lowest BCUT2D eigenvalue weighted by Crippen LogP contribution is -2.47. The molecule has 1 aliphatic rings. The number of guanidine groups is 1. The fourth-order valence-corrected chi connectivity index (χ4v) is 3.43. The van der Waals surface area contributed by atoms with Crippen LogP contribution < -0.4 is 15.5 Å². The summed E-state index contributed by atoms with van der Waals surface area (Å²) in [6.45, 7) is 6.85. The van der Waals surface area contributed by atoms with E-state index in [1.54, 1.807) is 13.1 Å². The van der Waals surface area contributed by atoms with Crippen LogP contribution in [0.3, 0.4) is 0 Å². The maximum Gasteiger partial charge on any atom is 0.191 e. The molecule has 0 unspecified atom stereocenters. The van der Waals surface area contributed by atoms with Crippen molar-refractivity contribution in [2.24, 2.45) is 4.99 Å². The molecule has 5 nitrogen and oxygen atoms in total. The van der Waals surface area contributed by atoms with E-state index in [1.165, 1.54) is 17.8 Å². The zero-order chi connectivity index (χ0) is 19.6. The molecule has 6 heteroatoms. The first kappa shape index (κ1) is 20.1. The second-order valence-corrected chi connectivity index (χ2v) is 7.00. The van der Waals surface area contributed by atoms with E-state index in [-0.39, 0.29) is 5.82 Å². The fourth-order valence-electron chi connectivity index (χ4n) is 3.43. The van der Waals surface area contributed by atoms with Gasteiger partial charge in [0.2, 0.25) is 0 Å². The average molecular weight is 384 g/mol. The lowest BCUT2D eigenvalue weighted by molar-refractivity contribution is 0.255. The first-order valence-electron chi connectivity index (χ1n) is 9.96. The van der Waals surface area contributed by atoms with Gasteiger partial charge in [-0.2, -0.15) is 0 Å². The van der Waals surface area contributed by atoms with Crippen molar-refractivity contribution >= 4 is 11.6 Å². The summed E-state index contributed by atoms with van der Waals surface area (Å²) in [5.41, 5.74) is 2.22. The van der Waals surface area contributed by atoms with Crippen LogP contribution in [0.15, 0.2) is 59.6 Å². The number of nitrogens with zero attached hydrogens (tertiary/aromatic N) is 3. The van der Waals surface area contributed by atoms with Crippen LogP contribution in [0.25, 0.3) is 0 Å². The van der Waals surface area contributed by atoms with Crippen LogP contribution in [-0.2, 0) is 6.54 Å². The fraction of sp³-hybridized carbons (Fsp3) is 0.409. The average Bonchev–Trinajstić information content (AvgIpc) is 2.74. The van der Waals surface area contributed by atoms with Crippen LogP contribution in [-0.4, -0.2) is 57.2 Å². The quantitative estimate of drug-likeness (QED) is 0.438. The molecule has 1 fully saturated rings. The van der Waals surface area contributed by atoms with Gasteiger partial charge in [0.25, 0.3) is 0 Å².